The number of likely N-dealkylation sites (tertiary alicyclic amines) is 1. The minimum atomic E-state index is -0.784. The van der Waals surface area contributed by atoms with E-state index in [1.807, 2.05) is 20.8 Å². The van der Waals surface area contributed by atoms with Gasteiger partial charge in [0.05, 0.1) is 5.92 Å². The van der Waals surface area contributed by atoms with Gasteiger partial charge in [-0.15, -0.1) is 0 Å². The number of carboxylic acids is 1. The van der Waals surface area contributed by atoms with Gasteiger partial charge in [-0.3, -0.25) is 9.59 Å². The predicted molar refractivity (Wildman–Crippen MR) is 103 cm³/mol. The predicted octanol–water partition coefficient (Wildman–Crippen LogP) is 4.59. The summed E-state index contributed by atoms with van der Waals surface area (Å²) in [6.07, 6.45) is 1.77. The minimum absolute atomic E-state index is 0.0966. The van der Waals surface area contributed by atoms with Gasteiger partial charge in [-0.1, -0.05) is 69.3 Å². The van der Waals surface area contributed by atoms with Crippen molar-refractivity contribution in [1.82, 2.24) is 4.90 Å². The molecule has 1 aliphatic rings. The molecule has 25 heavy (non-hydrogen) atoms. The number of aliphatic carboxylic acids is 1. The molecule has 2 aromatic rings. The fourth-order valence-corrected chi connectivity index (χ4v) is 2.74. The molecule has 0 aromatic heterocycles. The Labute approximate surface area is 150 Å². The zero-order valence-corrected chi connectivity index (χ0v) is 15.4. The lowest BCUT2D eigenvalue weighted by Crippen LogP contribution is -2.42. The molecule has 0 saturated carbocycles. The van der Waals surface area contributed by atoms with Crippen LogP contribution in [0.25, 0.3) is 10.8 Å². The fourth-order valence-electron chi connectivity index (χ4n) is 2.74. The number of carbonyl (C=O) groups excluding carboxylic acids is 1. The highest BCUT2D eigenvalue weighted by Gasteiger charge is 2.29. The van der Waals surface area contributed by atoms with Crippen molar-refractivity contribution in [2.45, 2.75) is 40.0 Å². The third kappa shape index (κ3) is 6.57. The summed E-state index contributed by atoms with van der Waals surface area (Å²) in [5, 5.41) is 11.4. The summed E-state index contributed by atoms with van der Waals surface area (Å²) in [7, 11) is 0. The maximum absolute atomic E-state index is 11.3. The molecule has 1 saturated heterocycles. The normalized spacial score (nSPS) is 16.4. The maximum atomic E-state index is 11.3. The first-order valence-corrected chi connectivity index (χ1v) is 9.06. The molecule has 0 spiro atoms. The average molecular weight is 343 g/mol. The molecular weight excluding hydrogens is 314 g/mol. The molecule has 0 aliphatic carbocycles. The Bertz CT molecular complexity index is 603. The van der Waals surface area contributed by atoms with Gasteiger partial charge in [0, 0.05) is 19.5 Å². The lowest BCUT2D eigenvalue weighted by molar-refractivity contribution is -0.147. The van der Waals surface area contributed by atoms with Crippen molar-refractivity contribution < 1.29 is 14.7 Å². The number of amides is 1. The Morgan fingerprint density at radius 2 is 1.56 bits per heavy atom. The van der Waals surface area contributed by atoms with Crippen molar-refractivity contribution >= 4 is 22.6 Å². The summed E-state index contributed by atoms with van der Waals surface area (Å²) in [4.78, 5) is 23.6. The lowest BCUT2D eigenvalue weighted by atomic mass is 9.98. The van der Waals surface area contributed by atoms with Crippen LogP contribution in [0.1, 0.15) is 40.0 Å². The highest BCUT2D eigenvalue weighted by Crippen LogP contribution is 2.17. The van der Waals surface area contributed by atoms with Gasteiger partial charge in [0.2, 0.25) is 5.91 Å². The molecule has 4 nitrogen and oxygen atoms in total. The van der Waals surface area contributed by atoms with Crippen molar-refractivity contribution in [2.24, 2.45) is 5.92 Å². The van der Waals surface area contributed by atoms with Gasteiger partial charge in [-0.25, -0.2) is 0 Å². The third-order valence-corrected chi connectivity index (χ3v) is 4.00. The van der Waals surface area contributed by atoms with E-state index in [4.69, 9.17) is 5.11 Å². The number of rotatable bonds is 3. The lowest BCUT2D eigenvalue weighted by Gasteiger charge is -2.30. The molecule has 1 N–H and O–H groups in total. The number of nitrogens with zero attached hydrogens (tertiary/aromatic N) is 1. The van der Waals surface area contributed by atoms with Crippen LogP contribution in [0.5, 0.6) is 0 Å². The van der Waals surface area contributed by atoms with Crippen molar-refractivity contribution in [1.29, 1.82) is 0 Å². The van der Waals surface area contributed by atoms with Crippen molar-refractivity contribution in [3.8, 4) is 0 Å². The summed E-state index contributed by atoms with van der Waals surface area (Å²) in [6, 6.07) is 16.7. The van der Waals surface area contributed by atoms with Crippen LogP contribution in [-0.4, -0.2) is 35.0 Å². The molecule has 2 aromatic carbocycles. The average Bonchev–Trinajstić information content (AvgIpc) is 2.66. The smallest absolute Gasteiger partial charge is 0.308 e. The van der Waals surface area contributed by atoms with E-state index in [1.54, 1.807) is 4.90 Å². The Balaban J connectivity index is 0.000000233. The van der Waals surface area contributed by atoms with E-state index in [0.717, 1.165) is 6.42 Å². The highest BCUT2D eigenvalue weighted by molar-refractivity contribution is 5.82. The number of piperidine rings is 1. The number of fused-ring (bicyclic) bond motifs is 1. The molecule has 1 fully saturated rings. The summed E-state index contributed by atoms with van der Waals surface area (Å²) >= 11 is 0. The van der Waals surface area contributed by atoms with Gasteiger partial charge in [0.15, 0.2) is 0 Å². The first kappa shape index (κ1) is 20.7. The molecule has 1 amide bonds. The van der Waals surface area contributed by atoms with Crippen molar-refractivity contribution in [3.05, 3.63) is 48.5 Å². The van der Waals surface area contributed by atoms with Gasteiger partial charge in [-0.05, 0) is 23.6 Å². The van der Waals surface area contributed by atoms with Crippen LogP contribution in [-0.2, 0) is 9.59 Å². The Morgan fingerprint density at radius 1 is 1.08 bits per heavy atom. The first-order chi connectivity index (χ1) is 12.1. The van der Waals surface area contributed by atoms with Crippen LogP contribution in [0.3, 0.4) is 0 Å². The van der Waals surface area contributed by atoms with Crippen LogP contribution in [0, 0.1) is 5.92 Å². The van der Waals surface area contributed by atoms with E-state index in [-0.39, 0.29) is 11.8 Å². The second-order valence-corrected chi connectivity index (χ2v) is 5.76. The fraction of sp³-hybridized carbons (Fsp3) is 0.429. The van der Waals surface area contributed by atoms with Crippen LogP contribution in [0.4, 0.5) is 0 Å². The zero-order valence-electron chi connectivity index (χ0n) is 15.4. The number of hydrogen-bond donors (Lipinski definition) is 1. The van der Waals surface area contributed by atoms with Crippen molar-refractivity contribution in [3.63, 3.8) is 0 Å². The SMILES string of the molecule is CC.CCCN1CC(C(=O)O)CCC1=O.c1ccc2ccccc2c1. The molecule has 136 valence electrons. The molecule has 0 radical (unpaired) electrons. The molecule has 1 heterocycles. The van der Waals surface area contributed by atoms with Crippen molar-refractivity contribution in [2.75, 3.05) is 13.1 Å². The van der Waals surface area contributed by atoms with Gasteiger partial charge in [0.1, 0.15) is 0 Å². The number of hydrogen-bond acceptors (Lipinski definition) is 2. The van der Waals surface area contributed by atoms with E-state index in [9.17, 15) is 9.59 Å². The van der Waals surface area contributed by atoms with Crippen LogP contribution < -0.4 is 0 Å². The Hall–Kier alpha value is -2.36. The Kier molecular flexibility index (Phi) is 9.30. The molecule has 1 atom stereocenters. The second kappa shape index (κ2) is 11.2. The highest BCUT2D eigenvalue weighted by atomic mass is 16.4. The summed E-state index contributed by atoms with van der Waals surface area (Å²) in [6.45, 7) is 7.06. The summed E-state index contributed by atoms with van der Waals surface area (Å²) < 4.78 is 0. The monoisotopic (exact) mass is 343 g/mol. The van der Waals surface area contributed by atoms with E-state index >= 15 is 0 Å². The van der Waals surface area contributed by atoms with Crippen LogP contribution in [0.2, 0.25) is 0 Å². The van der Waals surface area contributed by atoms with E-state index < -0.39 is 5.97 Å². The topological polar surface area (TPSA) is 57.6 Å². The number of benzene rings is 2. The summed E-state index contributed by atoms with van der Waals surface area (Å²) in [5.41, 5.74) is 0. The number of carboxylic acid groups (broad SMARTS) is 1. The third-order valence-electron chi connectivity index (χ3n) is 4.00. The van der Waals surface area contributed by atoms with Gasteiger partial charge < -0.3 is 10.0 Å². The Morgan fingerprint density at radius 3 is 1.96 bits per heavy atom. The van der Waals surface area contributed by atoms with E-state index in [0.29, 0.717) is 25.9 Å². The molecule has 1 aliphatic heterocycles. The van der Waals surface area contributed by atoms with Gasteiger partial charge in [0.25, 0.3) is 0 Å². The largest absolute Gasteiger partial charge is 0.481 e. The van der Waals surface area contributed by atoms with Crippen LogP contribution >= 0.6 is 0 Å². The number of carbonyl (C=O) groups is 2. The standard InChI is InChI=1S/C10H8.C9H15NO3.C2H6/c1-2-6-10-8-4-3-7-9(10)5-1;1-2-5-10-6-7(9(12)13)3-4-8(10)11;1-2/h1-8H;7H,2-6H2,1H3,(H,12,13);1-2H3. The quantitative estimate of drug-likeness (QED) is 0.887. The summed E-state index contributed by atoms with van der Waals surface area (Å²) in [5.74, 6) is -1.04. The molecule has 1 unspecified atom stereocenters. The molecule has 4 heteroatoms. The molecular formula is C21H29NO3. The van der Waals surface area contributed by atoms with Crippen LogP contribution in [0.15, 0.2) is 48.5 Å². The van der Waals surface area contributed by atoms with Gasteiger partial charge >= 0.3 is 5.97 Å². The maximum Gasteiger partial charge on any atom is 0.308 e. The van der Waals surface area contributed by atoms with E-state index in [2.05, 4.69) is 48.5 Å². The molecule has 0 bridgehead atoms. The second-order valence-electron chi connectivity index (χ2n) is 5.76. The molecule has 3 rings (SSSR count). The minimum Gasteiger partial charge on any atom is -0.481 e. The first-order valence-electron chi connectivity index (χ1n) is 9.06. The zero-order chi connectivity index (χ0) is 18.7. The van der Waals surface area contributed by atoms with Gasteiger partial charge in [-0.2, -0.15) is 0 Å². The van der Waals surface area contributed by atoms with E-state index in [1.165, 1.54) is 10.8 Å².